The quantitative estimate of drug-likeness (QED) is 0.0412. The van der Waals surface area contributed by atoms with Gasteiger partial charge < -0.3 is 73.8 Å². The lowest BCUT2D eigenvalue weighted by Crippen LogP contribution is -2.46. The van der Waals surface area contributed by atoms with Gasteiger partial charge in [-0.15, -0.1) is 0 Å². The van der Waals surface area contributed by atoms with Gasteiger partial charge in [-0.05, 0) is 26.2 Å². The smallest absolute Gasteiger partial charge is 0.274 e. The van der Waals surface area contributed by atoms with Crippen LogP contribution in [-0.4, -0.2) is 109 Å². The number of ether oxygens (including phenoxy) is 1. The highest BCUT2D eigenvalue weighted by Crippen LogP contribution is 2.56. The van der Waals surface area contributed by atoms with Crippen molar-refractivity contribution < 1.29 is 85.3 Å². The van der Waals surface area contributed by atoms with Gasteiger partial charge in [0.2, 0.25) is 11.8 Å². The van der Waals surface area contributed by atoms with Crippen molar-refractivity contribution >= 4 is 74.9 Å². The lowest BCUT2D eigenvalue weighted by Gasteiger charge is -2.36. The van der Waals surface area contributed by atoms with Crippen molar-refractivity contribution in [3.63, 3.8) is 0 Å². The Morgan fingerprint density at radius 1 is 1.05 bits per heavy atom. The summed E-state index contributed by atoms with van der Waals surface area (Å²) in [7, 11) is -17.6. The van der Waals surface area contributed by atoms with Crippen molar-refractivity contribution in [3.05, 3.63) is 24.8 Å². The van der Waals surface area contributed by atoms with E-state index in [1.807, 2.05) is 0 Å². The number of carbonyl (C=O) groups is 4. The van der Waals surface area contributed by atoms with Gasteiger partial charge in [0.15, 0.2) is 22.8 Å². The maximum atomic E-state index is 12.6. The van der Waals surface area contributed by atoms with Gasteiger partial charge in [-0.25, -0.2) is 19.3 Å². The number of aliphatic hydroxyl groups is 2. The van der Waals surface area contributed by atoms with E-state index < -0.39 is 84.6 Å². The summed E-state index contributed by atoms with van der Waals surface area (Å²) in [6, 6.07) is 0. The predicted octanol–water partition coefficient (Wildman–Crippen LogP) is -1.91. The van der Waals surface area contributed by atoms with Crippen molar-refractivity contribution in [3.8, 4) is 0 Å². The number of rotatable bonds is 25. The molecule has 0 saturated carbocycles. The maximum Gasteiger partial charge on any atom is 0.274 e. The Labute approximate surface area is 347 Å². The number of allylic oxidation sites excluding steroid dienone is 1. The molecule has 25 nitrogen and oxygen atoms in total. The summed E-state index contributed by atoms with van der Waals surface area (Å²) >= 11 is 1.01. The van der Waals surface area contributed by atoms with E-state index >= 15 is 0 Å². The Balaban J connectivity index is 1.45. The molecule has 2 amide bonds. The fourth-order valence-electron chi connectivity index (χ4n) is 5.43. The average Bonchev–Trinajstić information content (AvgIpc) is 3.69. The molecular weight excluding hydrogens is 883 g/mol. The van der Waals surface area contributed by atoms with Crippen LogP contribution in [0.15, 0.2) is 24.8 Å². The van der Waals surface area contributed by atoms with Gasteiger partial charge in [0.05, 0.1) is 27.4 Å². The van der Waals surface area contributed by atoms with E-state index in [-0.39, 0.29) is 65.5 Å². The van der Waals surface area contributed by atoms with Crippen molar-refractivity contribution in [1.29, 1.82) is 0 Å². The van der Waals surface area contributed by atoms with Crippen LogP contribution >= 0.6 is 35.2 Å². The molecule has 2 aromatic heterocycles. The largest absolute Gasteiger partial charge is 0.790 e. The number of nitrogen functional groups attached to an aromatic ring is 1. The van der Waals surface area contributed by atoms with Crippen LogP contribution in [0.3, 0.4) is 0 Å². The highest BCUT2D eigenvalue weighted by Gasteiger charge is 2.47. The summed E-state index contributed by atoms with van der Waals surface area (Å²) in [4.78, 5) is 108. The van der Waals surface area contributed by atoms with E-state index in [2.05, 4.69) is 50.0 Å². The second kappa shape index (κ2) is 21.9. The van der Waals surface area contributed by atoms with Gasteiger partial charge in [0, 0.05) is 43.5 Å². The van der Waals surface area contributed by atoms with E-state index in [9.17, 15) is 62.7 Å². The van der Waals surface area contributed by atoms with Gasteiger partial charge in [0.1, 0.15) is 42.0 Å². The highest BCUT2D eigenvalue weighted by molar-refractivity contribution is 8.13. The number of phosphoric ester groups is 3. The lowest BCUT2D eigenvalue weighted by molar-refractivity contribution is -0.347. The number of phosphoric acid groups is 3. The van der Waals surface area contributed by atoms with Gasteiger partial charge >= 0.3 is 0 Å². The number of Topliss-reactive ketones (excluding diaryl/α,β-unsaturated/α-hetero) is 1. The van der Waals surface area contributed by atoms with Crippen molar-refractivity contribution in [2.75, 3.05) is 37.8 Å². The van der Waals surface area contributed by atoms with E-state index in [0.717, 1.165) is 34.6 Å². The van der Waals surface area contributed by atoms with Crippen molar-refractivity contribution in [1.82, 2.24) is 30.2 Å². The molecule has 8 atom stereocenters. The summed E-state index contributed by atoms with van der Waals surface area (Å²) < 4.78 is 60.6. The third-order valence-electron chi connectivity index (χ3n) is 8.70. The number of aromatic nitrogens is 4. The van der Waals surface area contributed by atoms with Crippen LogP contribution < -0.4 is 35.9 Å². The predicted molar refractivity (Wildman–Crippen MR) is 201 cm³/mol. The minimum absolute atomic E-state index is 0.0144. The molecule has 3 heterocycles. The van der Waals surface area contributed by atoms with Crippen molar-refractivity contribution in [2.45, 2.75) is 84.0 Å². The van der Waals surface area contributed by atoms with Crippen LogP contribution in [0.2, 0.25) is 0 Å². The zero-order chi connectivity index (χ0) is 45.2. The van der Waals surface area contributed by atoms with Crippen LogP contribution in [0.25, 0.3) is 11.2 Å². The summed E-state index contributed by atoms with van der Waals surface area (Å²) in [6.45, 7) is 7.09. The molecular formula is C31H46N7O18P3S-4. The summed E-state index contributed by atoms with van der Waals surface area (Å²) in [5, 5.41) is 26.1. The van der Waals surface area contributed by atoms with Crippen molar-refractivity contribution in [2.24, 2.45) is 11.3 Å². The molecule has 2 aromatic rings. The zero-order valence-corrected chi connectivity index (χ0v) is 36.2. The molecule has 3 rings (SSSR count). The fraction of sp³-hybridized carbons (Fsp3) is 0.645. The number of nitrogens with one attached hydrogen (secondary N) is 2. The average molecular weight is 930 g/mol. The number of imidazole rings is 1. The number of carbonyl (C=O) groups excluding carboxylic acids is 4. The molecule has 0 aromatic carbocycles. The van der Waals surface area contributed by atoms with E-state index in [4.69, 9.17) is 10.5 Å². The molecule has 1 aliphatic heterocycles. The number of nitrogens with zero attached hydrogens (tertiary/aromatic N) is 4. The van der Waals surface area contributed by atoms with Crippen LogP contribution in [0, 0.1) is 11.3 Å². The molecule has 338 valence electrons. The molecule has 2 unspecified atom stereocenters. The Morgan fingerprint density at radius 2 is 1.72 bits per heavy atom. The first kappa shape index (κ1) is 51.3. The molecule has 1 fully saturated rings. The van der Waals surface area contributed by atoms with E-state index in [1.54, 1.807) is 6.92 Å². The molecule has 0 aliphatic carbocycles. The normalized spacial score (nSPS) is 21.4. The van der Waals surface area contributed by atoms with Crippen LogP contribution in [0.5, 0.6) is 0 Å². The van der Waals surface area contributed by atoms with Crippen LogP contribution in [-0.2, 0) is 55.5 Å². The van der Waals surface area contributed by atoms with Gasteiger partial charge in [-0.1, -0.05) is 37.8 Å². The number of fused-ring (bicyclic) bond motifs is 1. The molecule has 0 bridgehead atoms. The Hall–Kier alpha value is -3.03. The molecule has 1 aliphatic rings. The SMILES string of the molecule is C=C(C)[C@@H](CCC(C)=O)CC(=O)SCCNC(=O)CCNC(=O)[C@H](O)C(C)(C)COP(=O)([O-])OP(=O)([O-])OC[C@H]1O[C@@H](n2cnc3c(N)ncnc32)[C@H](O)[C@@H]1OP(=O)([O-])[O-]. The van der Waals surface area contributed by atoms with Gasteiger partial charge in [-0.3, -0.25) is 28.1 Å². The lowest BCUT2D eigenvalue weighted by atomic mass is 9.87. The number of thioether (sulfide) groups is 1. The molecule has 0 radical (unpaired) electrons. The fourth-order valence-corrected chi connectivity index (χ4v) is 8.92. The summed E-state index contributed by atoms with van der Waals surface area (Å²) in [5.74, 6) is -1.46. The van der Waals surface area contributed by atoms with Gasteiger partial charge in [0.25, 0.3) is 15.6 Å². The number of anilines is 1. The highest BCUT2D eigenvalue weighted by atomic mass is 32.2. The first-order valence-corrected chi connectivity index (χ1v) is 23.2. The van der Waals surface area contributed by atoms with E-state index in [1.165, 1.54) is 20.8 Å². The third kappa shape index (κ3) is 16.0. The number of hydrogen-bond acceptors (Lipinski definition) is 23. The number of nitrogens with two attached hydrogens (primary N) is 1. The number of hydrogen-bond donors (Lipinski definition) is 5. The zero-order valence-electron chi connectivity index (χ0n) is 32.7. The Morgan fingerprint density at radius 3 is 2.35 bits per heavy atom. The standard InChI is InChI=1S/C31H50N7O18P3S/c1-17(2)19(7-6-18(3)39)12-22(41)60-11-10-33-21(40)8-9-34-29(44)26(43)31(4,5)14-53-59(50,51)56-58(48,49)52-13-20-25(55-57(45,46)47)24(42)30(54-20)38-16-37-23-27(32)35-15-36-28(23)38/h15-16,19-20,24-26,30,42-43H,1,6-14H2,2-5H3,(H,33,40)(H,34,44)(H,48,49)(H,50,51)(H2,32,35,36)(H2,45,46,47)/p-4/t19-,20+,24+,25+,26-,30+/m0/s1. The van der Waals surface area contributed by atoms with Crippen LogP contribution in [0.4, 0.5) is 5.82 Å². The minimum Gasteiger partial charge on any atom is -0.790 e. The first-order chi connectivity index (χ1) is 27.7. The van der Waals surface area contributed by atoms with Crippen LogP contribution in [0.1, 0.15) is 59.6 Å². The second-order valence-corrected chi connectivity index (χ2v) is 19.4. The summed E-state index contributed by atoms with van der Waals surface area (Å²) in [5.41, 5.74) is 4.83. The summed E-state index contributed by atoms with van der Waals surface area (Å²) in [6.07, 6.45) is -6.63. The second-order valence-electron chi connectivity index (χ2n) is 14.2. The molecule has 0 spiro atoms. The van der Waals surface area contributed by atoms with Gasteiger partial charge in [-0.2, -0.15) is 0 Å². The third-order valence-corrected chi connectivity index (χ3v) is 12.6. The first-order valence-electron chi connectivity index (χ1n) is 17.8. The minimum atomic E-state index is -5.93. The topological polar surface area (TPSA) is 392 Å². The Bertz CT molecular complexity index is 2020. The number of aliphatic hydroxyl groups excluding tert-OH is 2. The molecule has 1 saturated heterocycles. The molecule has 60 heavy (non-hydrogen) atoms. The molecule has 29 heteroatoms. The molecule has 6 N–H and O–H groups in total. The maximum absolute atomic E-state index is 12.6. The van der Waals surface area contributed by atoms with E-state index in [0.29, 0.717) is 12.8 Å². The number of amides is 2. The Kier molecular flexibility index (Phi) is 18.7. The number of ketones is 1. The monoisotopic (exact) mass is 929 g/mol.